The summed E-state index contributed by atoms with van der Waals surface area (Å²) in [6, 6.07) is 17.0. The van der Waals surface area contributed by atoms with Crippen molar-refractivity contribution < 1.29 is 18.0 Å². The summed E-state index contributed by atoms with van der Waals surface area (Å²) in [4.78, 5) is 28.9. The maximum atomic E-state index is 14.1. The van der Waals surface area contributed by atoms with Crippen molar-refractivity contribution in [3.05, 3.63) is 92.9 Å². The maximum absolute atomic E-state index is 14.1. The molecule has 224 valence electrons. The van der Waals surface area contributed by atoms with Crippen molar-refractivity contribution in [1.29, 1.82) is 0 Å². The molecule has 3 aromatic rings. The van der Waals surface area contributed by atoms with Crippen molar-refractivity contribution in [3.8, 4) is 0 Å². The van der Waals surface area contributed by atoms with Crippen LogP contribution in [0.4, 0.5) is 5.69 Å². The number of aryl methyl sites for hydroxylation is 1. The zero-order valence-electron chi connectivity index (χ0n) is 23.5. The fourth-order valence-corrected chi connectivity index (χ4v) is 7.07. The van der Waals surface area contributed by atoms with Gasteiger partial charge in [-0.05, 0) is 62.6 Å². The van der Waals surface area contributed by atoms with E-state index in [0.29, 0.717) is 10.6 Å². The van der Waals surface area contributed by atoms with E-state index in [1.165, 1.54) is 29.2 Å². The summed E-state index contributed by atoms with van der Waals surface area (Å²) >= 11 is 19.2. The summed E-state index contributed by atoms with van der Waals surface area (Å²) < 4.78 is 28.9. The Kier molecular flexibility index (Phi) is 10.8. The number of hydrogen-bond donors (Lipinski definition) is 1. The van der Waals surface area contributed by atoms with Crippen molar-refractivity contribution >= 4 is 62.3 Å². The summed E-state index contributed by atoms with van der Waals surface area (Å²) in [5.41, 5.74) is 1.55. The normalized spacial score (nSPS) is 14.7. The van der Waals surface area contributed by atoms with Gasteiger partial charge in [-0.3, -0.25) is 13.9 Å². The smallest absolute Gasteiger partial charge is 0.264 e. The lowest BCUT2D eigenvalue weighted by Crippen LogP contribution is -2.53. The fourth-order valence-electron chi connectivity index (χ4n) is 5.00. The first kappa shape index (κ1) is 32.1. The van der Waals surface area contributed by atoms with Crippen LogP contribution >= 0.6 is 34.8 Å². The number of hydrogen-bond acceptors (Lipinski definition) is 4. The first-order valence-electron chi connectivity index (χ1n) is 13.9. The molecular weight excluding hydrogens is 617 g/mol. The largest absolute Gasteiger partial charge is 0.352 e. The molecule has 3 aromatic carbocycles. The molecule has 0 aliphatic heterocycles. The van der Waals surface area contributed by atoms with E-state index in [9.17, 15) is 18.0 Å². The van der Waals surface area contributed by atoms with Gasteiger partial charge in [-0.1, -0.05) is 96.0 Å². The second-order valence-electron chi connectivity index (χ2n) is 10.5. The van der Waals surface area contributed by atoms with E-state index < -0.39 is 28.5 Å². The molecule has 0 spiro atoms. The number of carbonyl (C=O) groups is 2. The third kappa shape index (κ3) is 7.59. The van der Waals surface area contributed by atoms with Gasteiger partial charge in [0.1, 0.15) is 12.6 Å². The van der Waals surface area contributed by atoms with Crippen LogP contribution in [-0.2, 0) is 26.2 Å². The molecule has 1 fully saturated rings. The summed E-state index contributed by atoms with van der Waals surface area (Å²) in [5.74, 6) is -0.913. The highest BCUT2D eigenvalue weighted by atomic mass is 35.5. The van der Waals surface area contributed by atoms with Gasteiger partial charge in [-0.15, -0.1) is 0 Å². The average molecular weight is 651 g/mol. The maximum Gasteiger partial charge on any atom is 0.264 e. The lowest BCUT2D eigenvalue weighted by molar-refractivity contribution is -0.139. The quantitative estimate of drug-likeness (QED) is 0.256. The van der Waals surface area contributed by atoms with Gasteiger partial charge in [-0.2, -0.15) is 0 Å². The molecular formula is C31H34Cl3N3O4S. The predicted octanol–water partition coefficient (Wildman–Crippen LogP) is 7.02. The van der Waals surface area contributed by atoms with Crippen molar-refractivity contribution in [1.82, 2.24) is 10.2 Å². The van der Waals surface area contributed by atoms with Gasteiger partial charge in [0.25, 0.3) is 10.0 Å². The van der Waals surface area contributed by atoms with Crippen molar-refractivity contribution in [2.45, 2.75) is 69.5 Å². The molecule has 0 bridgehead atoms. The van der Waals surface area contributed by atoms with Crippen LogP contribution in [0, 0.1) is 6.92 Å². The van der Waals surface area contributed by atoms with Crippen LogP contribution in [0.3, 0.4) is 0 Å². The van der Waals surface area contributed by atoms with Crippen LogP contribution < -0.4 is 9.62 Å². The molecule has 1 atom stereocenters. The summed E-state index contributed by atoms with van der Waals surface area (Å²) in [5, 5.41) is 3.64. The lowest BCUT2D eigenvalue weighted by Gasteiger charge is -2.33. The van der Waals surface area contributed by atoms with Crippen LogP contribution in [0.2, 0.25) is 15.1 Å². The first-order valence-corrected chi connectivity index (χ1v) is 16.4. The third-order valence-electron chi connectivity index (χ3n) is 7.51. The number of sulfonamides is 1. The lowest BCUT2D eigenvalue weighted by atomic mass is 9.95. The van der Waals surface area contributed by atoms with Crippen LogP contribution in [0.25, 0.3) is 0 Å². The molecule has 0 aromatic heterocycles. The summed E-state index contributed by atoms with van der Waals surface area (Å²) in [6.07, 6.45) is 4.97. The molecule has 0 unspecified atom stereocenters. The van der Waals surface area contributed by atoms with Gasteiger partial charge >= 0.3 is 0 Å². The van der Waals surface area contributed by atoms with E-state index in [4.69, 9.17) is 34.8 Å². The Morgan fingerprint density at radius 2 is 1.55 bits per heavy atom. The third-order valence-corrected chi connectivity index (χ3v) is 10.5. The molecule has 0 radical (unpaired) electrons. The number of rotatable bonds is 10. The van der Waals surface area contributed by atoms with E-state index in [-0.39, 0.29) is 39.1 Å². The zero-order valence-corrected chi connectivity index (χ0v) is 26.6. The van der Waals surface area contributed by atoms with Crippen LogP contribution in [0.5, 0.6) is 0 Å². The number of nitrogens with zero attached hydrogens (tertiary/aromatic N) is 2. The van der Waals surface area contributed by atoms with E-state index >= 15 is 0 Å². The molecule has 42 heavy (non-hydrogen) atoms. The minimum atomic E-state index is -4.27. The van der Waals surface area contributed by atoms with E-state index in [2.05, 4.69) is 5.32 Å². The molecule has 1 N–H and O–H groups in total. The van der Waals surface area contributed by atoms with Gasteiger partial charge in [0.05, 0.1) is 20.6 Å². The minimum Gasteiger partial charge on any atom is -0.352 e. The number of benzene rings is 3. The monoisotopic (exact) mass is 649 g/mol. The Labute approximate surface area is 262 Å². The molecule has 2 amide bonds. The number of anilines is 1. The molecule has 0 heterocycles. The highest BCUT2D eigenvalue weighted by Crippen LogP contribution is 2.35. The molecule has 11 heteroatoms. The highest BCUT2D eigenvalue weighted by Gasteiger charge is 2.34. The molecule has 4 rings (SSSR count). The number of nitrogens with one attached hydrogen (secondary N) is 1. The van der Waals surface area contributed by atoms with Crippen molar-refractivity contribution in [2.24, 2.45) is 0 Å². The van der Waals surface area contributed by atoms with E-state index in [0.717, 1.165) is 42.0 Å². The fraction of sp³-hybridized carbons (Fsp3) is 0.355. The van der Waals surface area contributed by atoms with E-state index in [1.54, 1.807) is 49.4 Å². The number of carbonyl (C=O) groups excluding carboxylic acids is 2. The van der Waals surface area contributed by atoms with Gasteiger partial charge < -0.3 is 10.2 Å². The van der Waals surface area contributed by atoms with Gasteiger partial charge in [-0.25, -0.2) is 8.42 Å². The van der Waals surface area contributed by atoms with Gasteiger partial charge in [0, 0.05) is 17.6 Å². The molecule has 1 aliphatic rings. The second kappa shape index (κ2) is 14.1. The Bertz CT molecular complexity index is 1530. The molecule has 0 saturated heterocycles. The SMILES string of the molecule is Cc1ccc(S(=O)(=O)N(CC(=O)N(Cc2ccccc2Cl)[C@H](C)C(=O)NC2CCCCC2)c2cccc(Cl)c2Cl)cc1. The van der Waals surface area contributed by atoms with Crippen molar-refractivity contribution in [2.75, 3.05) is 10.8 Å². The molecule has 1 aliphatic carbocycles. The molecule has 1 saturated carbocycles. The second-order valence-corrected chi connectivity index (χ2v) is 13.6. The predicted molar refractivity (Wildman–Crippen MR) is 169 cm³/mol. The zero-order chi connectivity index (χ0) is 30.4. The van der Waals surface area contributed by atoms with Gasteiger partial charge in [0.2, 0.25) is 11.8 Å². The van der Waals surface area contributed by atoms with Crippen LogP contribution in [0.15, 0.2) is 71.6 Å². The Morgan fingerprint density at radius 3 is 2.21 bits per heavy atom. The summed E-state index contributed by atoms with van der Waals surface area (Å²) in [6.45, 7) is 2.86. The number of amides is 2. The first-order chi connectivity index (χ1) is 20.0. The minimum absolute atomic E-state index is 0.000538. The average Bonchev–Trinajstić information content (AvgIpc) is 2.97. The van der Waals surface area contributed by atoms with Crippen LogP contribution in [-0.4, -0.2) is 43.8 Å². The Balaban J connectivity index is 1.72. The Hall–Kier alpha value is -2.78. The summed E-state index contributed by atoms with van der Waals surface area (Å²) in [7, 11) is -4.27. The highest BCUT2D eigenvalue weighted by molar-refractivity contribution is 7.92. The molecule has 7 nitrogen and oxygen atoms in total. The van der Waals surface area contributed by atoms with Gasteiger partial charge in [0.15, 0.2) is 0 Å². The van der Waals surface area contributed by atoms with Crippen molar-refractivity contribution in [3.63, 3.8) is 0 Å². The van der Waals surface area contributed by atoms with Crippen LogP contribution in [0.1, 0.15) is 50.2 Å². The standard InChI is InChI=1S/C31H34Cl3N3O4S/c1-21-15-17-25(18-16-21)42(40,41)37(28-14-8-13-27(33)30(28)34)20-29(38)36(19-23-9-6-7-12-26(23)32)22(2)31(39)35-24-10-4-3-5-11-24/h6-9,12-18,22,24H,3-5,10-11,19-20H2,1-2H3,(H,35,39)/t22-/m1/s1. The number of halogens is 3. The topological polar surface area (TPSA) is 86.8 Å². The van der Waals surface area contributed by atoms with E-state index in [1.807, 2.05) is 6.92 Å². The Morgan fingerprint density at radius 1 is 0.905 bits per heavy atom.